The molecule has 0 saturated carbocycles. The van der Waals surface area contributed by atoms with Gasteiger partial charge in [-0.25, -0.2) is 0 Å². The van der Waals surface area contributed by atoms with Crippen molar-refractivity contribution in [2.75, 3.05) is 13.6 Å². The van der Waals surface area contributed by atoms with Gasteiger partial charge >= 0.3 is 0 Å². The minimum atomic E-state index is 0.00418. The molecule has 0 aliphatic carbocycles. The van der Waals surface area contributed by atoms with Gasteiger partial charge in [-0.15, -0.1) is 0 Å². The lowest BCUT2D eigenvalue weighted by Crippen LogP contribution is -2.29. The highest BCUT2D eigenvalue weighted by Crippen LogP contribution is 2.20. The van der Waals surface area contributed by atoms with Crippen molar-refractivity contribution in [3.8, 4) is 11.8 Å². The molecule has 0 aliphatic rings. The number of hydrogen-bond acceptors (Lipinski definition) is 2. The highest BCUT2D eigenvalue weighted by atomic mass is 16.2. The van der Waals surface area contributed by atoms with E-state index in [1.807, 2.05) is 31.3 Å². The van der Waals surface area contributed by atoms with Gasteiger partial charge in [0.05, 0.1) is 6.54 Å². The predicted octanol–water partition coefficient (Wildman–Crippen LogP) is 2.39. The fourth-order valence-electron chi connectivity index (χ4n) is 1.86. The second-order valence-electron chi connectivity index (χ2n) is 6.15. The van der Waals surface area contributed by atoms with Crippen molar-refractivity contribution < 1.29 is 4.79 Å². The minimum Gasteiger partial charge on any atom is -0.341 e. The molecule has 2 N–H and O–H groups in total. The van der Waals surface area contributed by atoms with Crippen LogP contribution in [0.1, 0.15) is 38.3 Å². The maximum atomic E-state index is 12.2. The summed E-state index contributed by atoms with van der Waals surface area (Å²) in [5.74, 6) is 6.06. The summed E-state index contributed by atoms with van der Waals surface area (Å²) in [6.07, 6.45) is 0.542. The highest BCUT2D eigenvalue weighted by molar-refractivity contribution is 5.76. The van der Waals surface area contributed by atoms with Crippen LogP contribution in [0.4, 0.5) is 0 Å². The van der Waals surface area contributed by atoms with Gasteiger partial charge in [-0.2, -0.15) is 0 Å². The van der Waals surface area contributed by atoms with Crippen molar-refractivity contribution >= 4 is 5.91 Å². The molecule has 0 bridgehead atoms. The average Bonchev–Trinajstić information content (AvgIpc) is 2.35. The first kappa shape index (κ1) is 16.3. The molecule has 1 aromatic carbocycles. The van der Waals surface area contributed by atoms with E-state index in [2.05, 4.69) is 32.6 Å². The van der Waals surface area contributed by atoms with Crippen LogP contribution in [0.2, 0.25) is 0 Å². The van der Waals surface area contributed by atoms with Crippen molar-refractivity contribution in [3.05, 3.63) is 35.4 Å². The molecule has 0 fully saturated rings. The first-order valence-electron chi connectivity index (χ1n) is 6.84. The van der Waals surface area contributed by atoms with Crippen molar-refractivity contribution in [2.45, 2.75) is 33.7 Å². The van der Waals surface area contributed by atoms with E-state index in [1.165, 1.54) is 0 Å². The zero-order chi connectivity index (χ0) is 15.2. The van der Waals surface area contributed by atoms with Gasteiger partial charge in [-0.3, -0.25) is 4.79 Å². The maximum Gasteiger partial charge on any atom is 0.223 e. The normalized spacial score (nSPS) is 10.7. The van der Waals surface area contributed by atoms with Crippen LogP contribution in [0.5, 0.6) is 0 Å². The zero-order valence-corrected chi connectivity index (χ0v) is 12.9. The number of carbonyl (C=O) groups is 1. The van der Waals surface area contributed by atoms with Gasteiger partial charge < -0.3 is 10.6 Å². The monoisotopic (exact) mass is 272 g/mol. The minimum absolute atomic E-state index is 0.00418. The van der Waals surface area contributed by atoms with Crippen molar-refractivity contribution in [3.63, 3.8) is 0 Å². The second-order valence-corrected chi connectivity index (χ2v) is 6.15. The SMILES string of the molecule is CN(Cc1ccccc1C#CCN)C(=O)CC(C)(C)C. The number of rotatable bonds is 3. The Morgan fingerprint density at radius 1 is 1.30 bits per heavy atom. The first-order chi connectivity index (χ1) is 9.33. The molecular weight excluding hydrogens is 248 g/mol. The molecule has 3 nitrogen and oxygen atoms in total. The summed E-state index contributed by atoms with van der Waals surface area (Å²) in [6, 6.07) is 7.87. The summed E-state index contributed by atoms with van der Waals surface area (Å²) in [7, 11) is 1.83. The van der Waals surface area contributed by atoms with Crippen LogP contribution in [0, 0.1) is 17.3 Å². The molecule has 1 rings (SSSR count). The largest absolute Gasteiger partial charge is 0.341 e. The molecule has 0 heterocycles. The molecule has 0 aromatic heterocycles. The standard InChI is InChI=1S/C17H24N2O/c1-17(2,3)12-16(20)19(4)13-15-9-6-5-8-14(15)10-7-11-18/h5-6,8-9H,11-13,18H2,1-4H3. The number of carbonyl (C=O) groups excluding carboxylic acids is 1. The molecule has 0 unspecified atom stereocenters. The molecule has 20 heavy (non-hydrogen) atoms. The zero-order valence-electron chi connectivity index (χ0n) is 12.9. The fraction of sp³-hybridized carbons (Fsp3) is 0.471. The van der Waals surface area contributed by atoms with E-state index in [1.54, 1.807) is 4.90 Å². The maximum absolute atomic E-state index is 12.2. The van der Waals surface area contributed by atoms with E-state index in [-0.39, 0.29) is 11.3 Å². The highest BCUT2D eigenvalue weighted by Gasteiger charge is 2.19. The Morgan fingerprint density at radius 3 is 2.55 bits per heavy atom. The number of nitrogens with two attached hydrogens (primary N) is 1. The lowest BCUT2D eigenvalue weighted by molar-refractivity contribution is -0.132. The van der Waals surface area contributed by atoms with Crippen LogP contribution < -0.4 is 5.73 Å². The number of amides is 1. The van der Waals surface area contributed by atoms with E-state index in [4.69, 9.17) is 5.73 Å². The van der Waals surface area contributed by atoms with Gasteiger partial charge in [0.25, 0.3) is 0 Å². The average molecular weight is 272 g/mol. The summed E-state index contributed by atoms with van der Waals surface area (Å²) in [6.45, 7) is 7.12. The molecule has 0 saturated heterocycles. The van der Waals surface area contributed by atoms with E-state index < -0.39 is 0 Å². The Labute approximate surface area is 122 Å². The van der Waals surface area contributed by atoms with Crippen LogP contribution in [0.15, 0.2) is 24.3 Å². The lowest BCUT2D eigenvalue weighted by Gasteiger charge is -2.23. The summed E-state index contributed by atoms with van der Waals surface area (Å²) >= 11 is 0. The summed E-state index contributed by atoms with van der Waals surface area (Å²) in [4.78, 5) is 13.9. The number of nitrogens with zero attached hydrogens (tertiary/aromatic N) is 1. The number of benzene rings is 1. The summed E-state index contributed by atoms with van der Waals surface area (Å²) in [5.41, 5.74) is 7.40. The Hall–Kier alpha value is -1.79. The topological polar surface area (TPSA) is 46.3 Å². The van der Waals surface area contributed by atoms with E-state index in [0.717, 1.165) is 11.1 Å². The second kappa shape index (κ2) is 7.12. The predicted molar refractivity (Wildman–Crippen MR) is 82.9 cm³/mol. The van der Waals surface area contributed by atoms with Crippen LogP contribution in [-0.2, 0) is 11.3 Å². The number of hydrogen-bond donors (Lipinski definition) is 1. The van der Waals surface area contributed by atoms with Crippen LogP contribution in [-0.4, -0.2) is 24.4 Å². The Morgan fingerprint density at radius 2 is 1.95 bits per heavy atom. The van der Waals surface area contributed by atoms with Crippen molar-refractivity contribution in [1.29, 1.82) is 0 Å². The van der Waals surface area contributed by atoms with E-state index in [9.17, 15) is 4.79 Å². The molecule has 0 aliphatic heterocycles. The molecule has 0 spiro atoms. The van der Waals surface area contributed by atoms with Crippen LogP contribution in [0.3, 0.4) is 0 Å². The summed E-state index contributed by atoms with van der Waals surface area (Å²) in [5, 5.41) is 0. The molecule has 0 radical (unpaired) electrons. The smallest absolute Gasteiger partial charge is 0.223 e. The third-order valence-electron chi connectivity index (χ3n) is 2.86. The van der Waals surface area contributed by atoms with Crippen LogP contribution in [0.25, 0.3) is 0 Å². The third kappa shape index (κ3) is 5.46. The Bertz CT molecular complexity index is 518. The lowest BCUT2D eigenvalue weighted by atomic mass is 9.91. The van der Waals surface area contributed by atoms with Gasteiger partial charge in [0, 0.05) is 25.6 Å². The summed E-state index contributed by atoms with van der Waals surface area (Å²) < 4.78 is 0. The fourth-order valence-corrected chi connectivity index (χ4v) is 1.86. The Balaban J connectivity index is 2.80. The van der Waals surface area contributed by atoms with Gasteiger partial charge in [0.1, 0.15) is 0 Å². The third-order valence-corrected chi connectivity index (χ3v) is 2.86. The van der Waals surface area contributed by atoms with Crippen molar-refractivity contribution in [1.82, 2.24) is 4.90 Å². The quantitative estimate of drug-likeness (QED) is 0.859. The van der Waals surface area contributed by atoms with Gasteiger partial charge in [-0.05, 0) is 17.0 Å². The molecule has 3 heteroatoms. The van der Waals surface area contributed by atoms with Gasteiger partial charge in [0.15, 0.2) is 0 Å². The Kier molecular flexibility index (Phi) is 5.79. The van der Waals surface area contributed by atoms with Gasteiger partial charge in [-0.1, -0.05) is 50.8 Å². The van der Waals surface area contributed by atoms with Gasteiger partial charge in [0.2, 0.25) is 5.91 Å². The molecule has 1 amide bonds. The molecule has 0 atom stereocenters. The molecule has 1 aromatic rings. The molecule has 108 valence electrons. The van der Waals surface area contributed by atoms with E-state index >= 15 is 0 Å². The van der Waals surface area contributed by atoms with Crippen molar-refractivity contribution in [2.24, 2.45) is 11.1 Å². The first-order valence-corrected chi connectivity index (χ1v) is 6.84. The molecular formula is C17H24N2O. The van der Waals surface area contributed by atoms with E-state index in [0.29, 0.717) is 19.5 Å². The van der Waals surface area contributed by atoms with Crippen LogP contribution >= 0.6 is 0 Å².